The molecule has 4 aromatic rings. The molecule has 0 aliphatic carbocycles. The molecule has 0 radical (unpaired) electrons. The van der Waals surface area contributed by atoms with Gasteiger partial charge in [0.1, 0.15) is 23.3 Å². The van der Waals surface area contributed by atoms with Gasteiger partial charge in [0.15, 0.2) is 16.6 Å². The molecular weight excluding hydrogens is 520 g/mol. The third-order valence-electron chi connectivity index (χ3n) is 6.40. The van der Waals surface area contributed by atoms with Gasteiger partial charge in [0, 0.05) is 11.1 Å². The van der Waals surface area contributed by atoms with Gasteiger partial charge in [-0.15, -0.1) is 0 Å². The second-order valence-corrected chi connectivity index (χ2v) is 9.55. The average molecular weight is 547 g/mol. The van der Waals surface area contributed by atoms with E-state index in [0.717, 1.165) is 4.70 Å². The second kappa shape index (κ2) is 10.7. The van der Waals surface area contributed by atoms with Crippen molar-refractivity contribution in [1.82, 2.24) is 4.98 Å². The van der Waals surface area contributed by atoms with Crippen LogP contribution in [0.4, 0.5) is 5.13 Å². The Morgan fingerprint density at radius 2 is 1.72 bits per heavy atom. The summed E-state index contributed by atoms with van der Waals surface area (Å²) in [6.07, 6.45) is 0. The molecule has 200 valence electrons. The van der Waals surface area contributed by atoms with E-state index in [2.05, 4.69) is 4.98 Å². The summed E-state index contributed by atoms with van der Waals surface area (Å²) >= 11 is 1.25. The SMILES string of the molecule is CCOc1ccc2nc(N3C(=O)C(=O)C(=C(O)c4ccc(OC)cc4)C3c3cccc(OC)c3OC)sc2c1. The molecular formula is C29H26N2O7S. The van der Waals surface area contributed by atoms with E-state index in [1.54, 1.807) is 54.6 Å². The summed E-state index contributed by atoms with van der Waals surface area (Å²) in [4.78, 5) is 33.2. The highest BCUT2D eigenvalue weighted by molar-refractivity contribution is 7.22. The van der Waals surface area contributed by atoms with Gasteiger partial charge in [-0.2, -0.15) is 0 Å². The van der Waals surface area contributed by atoms with Crippen LogP contribution in [0.15, 0.2) is 66.2 Å². The first kappa shape index (κ1) is 26.1. The number of aromatic nitrogens is 1. The summed E-state index contributed by atoms with van der Waals surface area (Å²) in [5.74, 6) is 0.0178. The number of amides is 1. The van der Waals surface area contributed by atoms with Crippen molar-refractivity contribution in [3.8, 4) is 23.0 Å². The lowest BCUT2D eigenvalue weighted by Gasteiger charge is -2.25. The molecule has 39 heavy (non-hydrogen) atoms. The Morgan fingerprint density at radius 3 is 2.38 bits per heavy atom. The van der Waals surface area contributed by atoms with Crippen molar-refractivity contribution < 1.29 is 33.6 Å². The maximum atomic E-state index is 13.6. The van der Waals surface area contributed by atoms with Crippen molar-refractivity contribution in [3.63, 3.8) is 0 Å². The fourth-order valence-corrected chi connectivity index (χ4v) is 5.63. The number of fused-ring (bicyclic) bond motifs is 1. The van der Waals surface area contributed by atoms with Crippen LogP contribution in [0.1, 0.15) is 24.1 Å². The number of para-hydroxylation sites is 1. The van der Waals surface area contributed by atoms with Gasteiger partial charge >= 0.3 is 5.91 Å². The topological polar surface area (TPSA) is 107 Å². The Bertz CT molecular complexity index is 1590. The fraction of sp³-hybridized carbons (Fsp3) is 0.207. The van der Waals surface area contributed by atoms with E-state index in [0.29, 0.717) is 51.4 Å². The molecule has 0 bridgehead atoms. The Labute approximate surface area is 228 Å². The van der Waals surface area contributed by atoms with Gasteiger partial charge in [-0.05, 0) is 55.5 Å². The molecule has 3 aromatic carbocycles. The summed E-state index contributed by atoms with van der Waals surface area (Å²) in [5, 5.41) is 11.7. The summed E-state index contributed by atoms with van der Waals surface area (Å²) in [7, 11) is 4.51. The highest BCUT2D eigenvalue weighted by Crippen LogP contribution is 2.48. The van der Waals surface area contributed by atoms with Crippen molar-refractivity contribution in [1.29, 1.82) is 0 Å². The van der Waals surface area contributed by atoms with Gasteiger partial charge in [-0.3, -0.25) is 14.5 Å². The number of Topliss-reactive ketones (excluding diaryl/α,β-unsaturated/α-hetero) is 1. The lowest BCUT2D eigenvalue weighted by atomic mass is 9.94. The first-order chi connectivity index (χ1) is 18.9. The molecule has 1 aromatic heterocycles. The number of nitrogens with zero attached hydrogens (tertiary/aromatic N) is 2. The van der Waals surface area contributed by atoms with Crippen LogP contribution < -0.4 is 23.8 Å². The Balaban J connectivity index is 1.74. The maximum absolute atomic E-state index is 13.6. The number of hydrogen-bond donors (Lipinski definition) is 1. The van der Waals surface area contributed by atoms with E-state index in [1.807, 2.05) is 13.0 Å². The minimum Gasteiger partial charge on any atom is -0.507 e. The maximum Gasteiger partial charge on any atom is 0.301 e. The van der Waals surface area contributed by atoms with Crippen molar-refractivity contribution >= 4 is 44.1 Å². The first-order valence-electron chi connectivity index (χ1n) is 12.1. The van der Waals surface area contributed by atoms with Crippen LogP contribution in [0.2, 0.25) is 0 Å². The van der Waals surface area contributed by atoms with Crippen molar-refractivity contribution in [2.45, 2.75) is 13.0 Å². The quantitative estimate of drug-likeness (QED) is 0.179. The van der Waals surface area contributed by atoms with Gasteiger partial charge in [0.2, 0.25) is 0 Å². The summed E-state index contributed by atoms with van der Waals surface area (Å²) in [5.41, 5.74) is 1.37. The summed E-state index contributed by atoms with van der Waals surface area (Å²) in [6.45, 7) is 2.40. The molecule has 1 saturated heterocycles. The minimum absolute atomic E-state index is 0.0917. The van der Waals surface area contributed by atoms with Crippen molar-refractivity contribution in [3.05, 3.63) is 77.4 Å². The third-order valence-corrected chi connectivity index (χ3v) is 7.42. The molecule has 0 spiro atoms. The number of carbonyl (C=O) groups is 2. The molecule has 5 rings (SSSR count). The Hall–Kier alpha value is -4.57. The molecule has 2 heterocycles. The van der Waals surface area contributed by atoms with Crippen molar-refractivity contribution in [2.75, 3.05) is 32.8 Å². The smallest absolute Gasteiger partial charge is 0.301 e. The normalized spacial score (nSPS) is 16.5. The number of thiazole rings is 1. The Morgan fingerprint density at radius 1 is 0.974 bits per heavy atom. The van der Waals surface area contributed by atoms with Gasteiger partial charge in [0.25, 0.3) is 5.78 Å². The number of ketones is 1. The number of aliphatic hydroxyl groups is 1. The largest absolute Gasteiger partial charge is 0.507 e. The van der Waals surface area contributed by atoms with E-state index in [1.165, 1.54) is 37.6 Å². The zero-order valence-corrected chi connectivity index (χ0v) is 22.6. The molecule has 1 aliphatic rings. The lowest BCUT2D eigenvalue weighted by Crippen LogP contribution is -2.29. The molecule has 1 atom stereocenters. The highest BCUT2D eigenvalue weighted by atomic mass is 32.1. The van der Waals surface area contributed by atoms with E-state index in [4.69, 9.17) is 18.9 Å². The zero-order chi connectivity index (χ0) is 27.7. The van der Waals surface area contributed by atoms with E-state index < -0.39 is 17.7 Å². The van der Waals surface area contributed by atoms with Crippen LogP contribution >= 0.6 is 11.3 Å². The van der Waals surface area contributed by atoms with E-state index in [-0.39, 0.29) is 11.3 Å². The number of methoxy groups -OCH3 is 3. The van der Waals surface area contributed by atoms with Gasteiger partial charge in [0.05, 0.1) is 43.7 Å². The second-order valence-electron chi connectivity index (χ2n) is 8.54. The zero-order valence-electron chi connectivity index (χ0n) is 21.8. The van der Waals surface area contributed by atoms with Crippen molar-refractivity contribution in [2.24, 2.45) is 0 Å². The van der Waals surface area contributed by atoms with E-state index >= 15 is 0 Å². The van der Waals surface area contributed by atoms with Crippen LogP contribution in [0.5, 0.6) is 23.0 Å². The third kappa shape index (κ3) is 4.52. The standard InChI is InChI=1S/C29H26N2O7S/c1-5-38-18-13-14-20-22(15-18)39-29(30-20)31-24(19-7-6-8-21(36-3)27(19)37-4)23(26(33)28(31)34)25(32)16-9-11-17(35-2)12-10-16/h6-15,24,32H,5H2,1-4H3. The highest BCUT2D eigenvalue weighted by Gasteiger charge is 2.49. The number of carbonyl (C=O) groups excluding carboxylic acids is 2. The van der Waals surface area contributed by atoms with Gasteiger partial charge < -0.3 is 24.1 Å². The number of rotatable bonds is 8. The molecule has 1 fully saturated rings. The van der Waals surface area contributed by atoms with Gasteiger partial charge in [-0.1, -0.05) is 23.5 Å². The number of benzene rings is 3. The molecule has 0 saturated carbocycles. The molecule has 1 N–H and O–H groups in total. The van der Waals surface area contributed by atoms with Crippen LogP contribution in [-0.2, 0) is 9.59 Å². The van der Waals surface area contributed by atoms with E-state index in [9.17, 15) is 14.7 Å². The first-order valence-corrected chi connectivity index (χ1v) is 12.9. The number of ether oxygens (including phenoxy) is 4. The monoisotopic (exact) mass is 546 g/mol. The molecule has 1 aliphatic heterocycles. The summed E-state index contributed by atoms with van der Waals surface area (Å²) < 4.78 is 22.8. The van der Waals surface area contributed by atoms with Gasteiger partial charge in [-0.25, -0.2) is 4.98 Å². The molecule has 9 nitrogen and oxygen atoms in total. The van der Waals surface area contributed by atoms with Crippen LogP contribution in [0, 0.1) is 0 Å². The predicted octanol–water partition coefficient (Wildman–Crippen LogP) is 5.35. The average Bonchev–Trinajstić information content (AvgIpc) is 3.49. The van der Waals surface area contributed by atoms with Crippen LogP contribution in [0.25, 0.3) is 16.0 Å². The summed E-state index contributed by atoms with van der Waals surface area (Å²) in [6, 6.07) is 16.1. The van der Waals surface area contributed by atoms with Crippen LogP contribution in [0.3, 0.4) is 0 Å². The van der Waals surface area contributed by atoms with Crippen LogP contribution in [-0.4, -0.2) is 49.7 Å². The minimum atomic E-state index is -1.04. The molecule has 10 heteroatoms. The number of hydrogen-bond acceptors (Lipinski definition) is 9. The predicted molar refractivity (Wildman–Crippen MR) is 148 cm³/mol. The molecule has 1 amide bonds. The number of anilines is 1. The molecule has 1 unspecified atom stereocenters. The Kier molecular flexibility index (Phi) is 7.12. The lowest BCUT2D eigenvalue weighted by molar-refractivity contribution is -0.132. The number of aliphatic hydroxyl groups excluding tert-OH is 1. The fourth-order valence-electron chi connectivity index (χ4n) is 4.61.